The van der Waals surface area contributed by atoms with Crippen LogP contribution in [0.2, 0.25) is 0 Å². The van der Waals surface area contributed by atoms with Gasteiger partial charge < -0.3 is 19.8 Å². The number of carbonyl (C=O) groups excluding carboxylic acids is 2. The van der Waals surface area contributed by atoms with Crippen molar-refractivity contribution in [2.45, 2.75) is 13.0 Å². The zero-order chi connectivity index (χ0) is 15.0. The second-order valence-corrected chi connectivity index (χ2v) is 5.30. The van der Waals surface area contributed by atoms with E-state index < -0.39 is 6.10 Å². The number of halogens is 1. The monoisotopic (exact) mass is 350 g/mol. The van der Waals surface area contributed by atoms with Crippen LogP contribution in [0.1, 0.15) is 17.5 Å². The van der Waals surface area contributed by atoms with Crippen molar-refractivity contribution in [1.29, 1.82) is 0 Å². The number of carbonyl (C=O) groups is 2. The second kappa shape index (κ2) is 5.25. The predicted molar refractivity (Wildman–Crippen MR) is 79.5 cm³/mol. The lowest BCUT2D eigenvalue weighted by molar-refractivity contribution is -0.122. The first-order valence-electron chi connectivity index (χ1n) is 6.21. The van der Waals surface area contributed by atoms with E-state index in [1.165, 1.54) is 0 Å². The summed E-state index contributed by atoms with van der Waals surface area (Å²) < 4.78 is 11.1. The van der Waals surface area contributed by atoms with Crippen LogP contribution in [0, 0.1) is 0 Å². The van der Waals surface area contributed by atoms with Crippen molar-refractivity contribution in [1.82, 2.24) is 0 Å². The normalized spacial score (nSPS) is 16.7. The van der Waals surface area contributed by atoms with Gasteiger partial charge in [0.05, 0.1) is 5.69 Å². The van der Waals surface area contributed by atoms with E-state index in [0.717, 1.165) is 0 Å². The molecule has 0 unspecified atom stereocenters. The molecule has 7 heteroatoms. The number of nitrogens with one attached hydrogen (secondary N) is 2. The number of hydrogen-bond acceptors (Lipinski definition) is 4. The second-order valence-electron chi connectivity index (χ2n) is 4.52. The van der Waals surface area contributed by atoms with E-state index in [2.05, 4.69) is 26.6 Å². The number of fused-ring (bicyclic) bond motifs is 1. The fraction of sp³-hybridized carbons (Fsp3) is 0.143. The molecule has 2 aromatic rings. The van der Waals surface area contributed by atoms with Gasteiger partial charge in [-0.15, -0.1) is 0 Å². The van der Waals surface area contributed by atoms with Gasteiger partial charge in [-0.3, -0.25) is 9.59 Å². The maximum atomic E-state index is 12.0. The molecule has 0 spiro atoms. The highest BCUT2D eigenvalue weighted by Crippen LogP contribution is 2.32. The minimum Gasteiger partial charge on any atom is -0.479 e. The Balaban J connectivity index is 1.80. The highest BCUT2D eigenvalue weighted by molar-refractivity contribution is 9.10. The summed E-state index contributed by atoms with van der Waals surface area (Å²) in [6.07, 6.45) is -0.529. The van der Waals surface area contributed by atoms with Crippen molar-refractivity contribution < 1.29 is 18.7 Å². The quantitative estimate of drug-likeness (QED) is 0.872. The van der Waals surface area contributed by atoms with Crippen molar-refractivity contribution in [3.63, 3.8) is 0 Å². The molecule has 21 heavy (non-hydrogen) atoms. The molecule has 0 saturated heterocycles. The van der Waals surface area contributed by atoms with Gasteiger partial charge in [-0.05, 0) is 53.2 Å². The molecule has 3 rings (SSSR count). The summed E-state index contributed by atoms with van der Waals surface area (Å²) in [6, 6.07) is 8.22. The Hall–Kier alpha value is -2.28. The van der Waals surface area contributed by atoms with Crippen molar-refractivity contribution >= 4 is 39.1 Å². The van der Waals surface area contributed by atoms with Crippen LogP contribution in [-0.2, 0) is 4.79 Å². The summed E-state index contributed by atoms with van der Waals surface area (Å²) in [7, 11) is 0. The fourth-order valence-corrected chi connectivity index (χ4v) is 2.22. The third kappa shape index (κ3) is 2.78. The molecular formula is C14H11BrN2O4. The third-order valence-corrected chi connectivity index (χ3v) is 3.39. The fourth-order valence-electron chi connectivity index (χ4n) is 1.92. The molecule has 0 saturated carbocycles. The van der Waals surface area contributed by atoms with E-state index in [1.54, 1.807) is 37.3 Å². The Morgan fingerprint density at radius 1 is 1.33 bits per heavy atom. The number of benzene rings is 1. The van der Waals surface area contributed by atoms with Crippen LogP contribution in [0.3, 0.4) is 0 Å². The molecule has 2 amide bonds. The predicted octanol–water partition coefficient (Wildman–Crippen LogP) is 3.01. The number of rotatable bonds is 2. The summed E-state index contributed by atoms with van der Waals surface area (Å²) in [5.41, 5.74) is 1.06. The minimum absolute atomic E-state index is 0.188. The number of amides is 2. The van der Waals surface area contributed by atoms with E-state index in [9.17, 15) is 9.59 Å². The van der Waals surface area contributed by atoms with E-state index in [0.29, 0.717) is 21.8 Å². The Labute approximate surface area is 128 Å². The van der Waals surface area contributed by atoms with Crippen LogP contribution in [0.5, 0.6) is 5.75 Å². The molecular weight excluding hydrogens is 340 g/mol. The summed E-state index contributed by atoms with van der Waals surface area (Å²) in [5.74, 6) is 0.160. The number of anilines is 2. The Kier molecular flexibility index (Phi) is 3.42. The van der Waals surface area contributed by atoms with Crippen molar-refractivity contribution in [2.24, 2.45) is 0 Å². The molecule has 0 radical (unpaired) electrons. The highest BCUT2D eigenvalue weighted by Gasteiger charge is 2.23. The maximum Gasteiger partial charge on any atom is 0.291 e. The van der Waals surface area contributed by atoms with Crippen LogP contribution in [0.25, 0.3) is 0 Å². The largest absolute Gasteiger partial charge is 0.479 e. The van der Waals surface area contributed by atoms with E-state index in [1.807, 2.05) is 0 Å². The molecule has 6 nitrogen and oxygen atoms in total. The average Bonchev–Trinajstić information content (AvgIpc) is 2.87. The highest BCUT2D eigenvalue weighted by atomic mass is 79.9. The van der Waals surface area contributed by atoms with Crippen LogP contribution >= 0.6 is 15.9 Å². The first kappa shape index (κ1) is 13.7. The molecule has 2 heterocycles. The molecule has 108 valence electrons. The SMILES string of the molecule is C[C@@H]1Oc2ccc(NC(=O)c3ccc(Br)o3)cc2NC1=O. The first-order chi connectivity index (χ1) is 10.0. The Morgan fingerprint density at radius 3 is 2.86 bits per heavy atom. The van der Waals surface area contributed by atoms with Gasteiger partial charge in [0.15, 0.2) is 16.5 Å². The number of ether oxygens (including phenoxy) is 1. The first-order valence-corrected chi connectivity index (χ1v) is 7.00. The lowest BCUT2D eigenvalue weighted by Crippen LogP contribution is -2.34. The summed E-state index contributed by atoms with van der Waals surface area (Å²) in [5, 5.41) is 5.41. The standard InChI is InChI=1S/C14H11BrN2O4/c1-7-13(18)17-9-6-8(2-3-10(9)20-7)16-14(19)11-4-5-12(15)21-11/h2-7H,1H3,(H,16,19)(H,17,18)/t7-/m0/s1. The topological polar surface area (TPSA) is 80.6 Å². The zero-order valence-electron chi connectivity index (χ0n) is 11.0. The van der Waals surface area contributed by atoms with Crippen LogP contribution in [0.4, 0.5) is 11.4 Å². The summed E-state index contributed by atoms with van der Waals surface area (Å²) in [6.45, 7) is 1.67. The molecule has 0 aliphatic carbocycles. The van der Waals surface area contributed by atoms with Crippen LogP contribution in [-0.4, -0.2) is 17.9 Å². The number of hydrogen-bond donors (Lipinski definition) is 2. The van der Waals surface area contributed by atoms with E-state index >= 15 is 0 Å². The Bertz CT molecular complexity index is 726. The summed E-state index contributed by atoms with van der Waals surface area (Å²) in [4.78, 5) is 23.5. The van der Waals surface area contributed by atoms with Crippen LogP contribution < -0.4 is 15.4 Å². The molecule has 0 bridgehead atoms. The summed E-state index contributed by atoms with van der Waals surface area (Å²) >= 11 is 3.14. The molecule has 1 aromatic heterocycles. The molecule has 0 fully saturated rings. The minimum atomic E-state index is -0.529. The van der Waals surface area contributed by atoms with Gasteiger partial charge in [-0.1, -0.05) is 0 Å². The molecule has 1 aliphatic rings. The van der Waals surface area contributed by atoms with Gasteiger partial charge in [-0.2, -0.15) is 0 Å². The third-order valence-electron chi connectivity index (χ3n) is 2.97. The average molecular weight is 351 g/mol. The van der Waals surface area contributed by atoms with Gasteiger partial charge in [0.1, 0.15) is 5.75 Å². The Morgan fingerprint density at radius 2 is 2.14 bits per heavy atom. The van der Waals surface area contributed by atoms with Gasteiger partial charge in [0, 0.05) is 5.69 Å². The van der Waals surface area contributed by atoms with E-state index in [-0.39, 0.29) is 17.6 Å². The maximum absolute atomic E-state index is 12.0. The molecule has 1 atom stereocenters. The van der Waals surface area contributed by atoms with Gasteiger partial charge in [0.25, 0.3) is 11.8 Å². The van der Waals surface area contributed by atoms with E-state index in [4.69, 9.17) is 9.15 Å². The van der Waals surface area contributed by atoms with Gasteiger partial charge in [-0.25, -0.2) is 0 Å². The lowest BCUT2D eigenvalue weighted by Gasteiger charge is -2.23. The smallest absolute Gasteiger partial charge is 0.291 e. The van der Waals surface area contributed by atoms with Crippen molar-refractivity contribution in [2.75, 3.05) is 10.6 Å². The number of furan rings is 1. The molecule has 2 N–H and O–H groups in total. The molecule has 1 aliphatic heterocycles. The van der Waals surface area contributed by atoms with Gasteiger partial charge in [0.2, 0.25) is 0 Å². The lowest BCUT2D eigenvalue weighted by atomic mass is 10.2. The van der Waals surface area contributed by atoms with Gasteiger partial charge >= 0.3 is 0 Å². The van der Waals surface area contributed by atoms with Crippen molar-refractivity contribution in [3.05, 3.63) is 40.8 Å². The van der Waals surface area contributed by atoms with Crippen molar-refractivity contribution in [3.8, 4) is 5.75 Å². The van der Waals surface area contributed by atoms with Crippen LogP contribution in [0.15, 0.2) is 39.4 Å². The zero-order valence-corrected chi connectivity index (χ0v) is 12.6. The molecule has 1 aromatic carbocycles.